The number of hydrogen-bond donors (Lipinski definition) is 3. The predicted octanol–water partition coefficient (Wildman–Crippen LogP) is 3.39. The molecular weight excluding hydrogens is 268 g/mol. The van der Waals surface area contributed by atoms with E-state index in [1.54, 1.807) is 6.92 Å². The molecule has 0 aromatic rings. The van der Waals surface area contributed by atoms with Gasteiger partial charge < -0.3 is 15.7 Å². The van der Waals surface area contributed by atoms with E-state index in [0.29, 0.717) is 12.3 Å². The summed E-state index contributed by atoms with van der Waals surface area (Å²) in [5, 5.41) is 14.7. The molecule has 0 saturated carbocycles. The minimum absolute atomic E-state index is 0.0572. The minimum Gasteiger partial charge on any atom is -0.481 e. The maximum absolute atomic E-state index is 11.8. The van der Waals surface area contributed by atoms with Crippen molar-refractivity contribution in [2.45, 2.75) is 78.8 Å². The lowest BCUT2D eigenvalue weighted by atomic mass is 10.0. The maximum Gasteiger partial charge on any atom is 0.315 e. The lowest BCUT2D eigenvalue weighted by Gasteiger charge is -2.20. The highest BCUT2D eigenvalue weighted by Gasteiger charge is 2.14. The Hall–Kier alpha value is -1.26. The molecule has 0 heterocycles. The van der Waals surface area contributed by atoms with Crippen LogP contribution in [-0.2, 0) is 4.79 Å². The van der Waals surface area contributed by atoms with Gasteiger partial charge in [-0.2, -0.15) is 0 Å². The van der Waals surface area contributed by atoms with E-state index in [-0.39, 0.29) is 24.0 Å². The zero-order valence-corrected chi connectivity index (χ0v) is 14.1. The Morgan fingerprint density at radius 1 is 1.00 bits per heavy atom. The van der Waals surface area contributed by atoms with Gasteiger partial charge in [-0.15, -0.1) is 0 Å². The molecule has 3 N–H and O–H groups in total. The van der Waals surface area contributed by atoms with Crippen molar-refractivity contribution >= 4 is 12.0 Å². The molecule has 0 aliphatic rings. The van der Waals surface area contributed by atoms with Crippen LogP contribution in [0.25, 0.3) is 0 Å². The molecule has 0 saturated heterocycles. The first-order chi connectivity index (χ1) is 9.76. The van der Waals surface area contributed by atoms with E-state index >= 15 is 0 Å². The Bertz CT molecular complexity index is 321. The van der Waals surface area contributed by atoms with Gasteiger partial charge in [0.1, 0.15) is 0 Å². The summed E-state index contributed by atoms with van der Waals surface area (Å²) >= 11 is 0. The average molecular weight is 300 g/mol. The summed E-state index contributed by atoms with van der Waals surface area (Å²) in [6, 6.07) is 0.0885. The molecule has 4 atom stereocenters. The van der Waals surface area contributed by atoms with Gasteiger partial charge in [0, 0.05) is 12.1 Å². The number of aliphatic carboxylic acids is 1. The monoisotopic (exact) mass is 300 g/mol. The maximum atomic E-state index is 11.8. The Morgan fingerprint density at radius 3 is 2.10 bits per heavy atom. The van der Waals surface area contributed by atoms with Gasteiger partial charge in [0.15, 0.2) is 0 Å². The first-order valence-corrected chi connectivity index (χ1v) is 8.06. The molecule has 0 rings (SSSR count). The Kier molecular flexibility index (Phi) is 9.84. The summed E-state index contributed by atoms with van der Waals surface area (Å²) in [5.41, 5.74) is 0. The van der Waals surface area contributed by atoms with Crippen molar-refractivity contribution in [3.63, 3.8) is 0 Å². The summed E-state index contributed by atoms with van der Waals surface area (Å²) in [5.74, 6) is -0.468. The number of nitrogens with one attached hydrogen (secondary N) is 2. The van der Waals surface area contributed by atoms with E-state index in [4.69, 9.17) is 5.11 Å². The average Bonchev–Trinajstić information content (AvgIpc) is 2.37. The lowest BCUT2D eigenvalue weighted by Crippen LogP contribution is -2.44. The predicted molar refractivity (Wildman–Crippen MR) is 85.3 cm³/mol. The van der Waals surface area contributed by atoms with Crippen LogP contribution < -0.4 is 10.6 Å². The first-order valence-electron chi connectivity index (χ1n) is 8.06. The van der Waals surface area contributed by atoms with Crippen LogP contribution in [0.5, 0.6) is 0 Å². The standard InChI is InChI=1S/C16H32N2O3/c1-6-11(2)10-14(5)18-16(21)17-13(4)9-7-8-12(3)15(19)20/h11-14H,6-10H2,1-5H3,(H,19,20)(H2,17,18,21). The molecule has 21 heavy (non-hydrogen) atoms. The second-order valence-corrected chi connectivity index (χ2v) is 6.34. The number of rotatable bonds is 10. The van der Waals surface area contributed by atoms with Gasteiger partial charge in [-0.05, 0) is 39.0 Å². The van der Waals surface area contributed by atoms with Crippen LogP contribution >= 0.6 is 0 Å². The second-order valence-electron chi connectivity index (χ2n) is 6.34. The fraction of sp³-hybridized carbons (Fsp3) is 0.875. The smallest absolute Gasteiger partial charge is 0.315 e. The molecule has 2 amide bonds. The number of carbonyl (C=O) groups is 2. The summed E-state index contributed by atoms with van der Waals surface area (Å²) in [6.07, 6.45) is 4.34. The molecular formula is C16H32N2O3. The quantitative estimate of drug-likeness (QED) is 0.578. The second kappa shape index (κ2) is 10.5. The highest BCUT2D eigenvalue weighted by atomic mass is 16.4. The Balaban J connectivity index is 3.86. The van der Waals surface area contributed by atoms with Gasteiger partial charge in [-0.25, -0.2) is 4.79 Å². The molecule has 0 bridgehead atoms. The van der Waals surface area contributed by atoms with Crippen molar-refractivity contribution in [2.75, 3.05) is 0 Å². The van der Waals surface area contributed by atoms with Crippen LogP contribution in [-0.4, -0.2) is 29.2 Å². The summed E-state index contributed by atoms with van der Waals surface area (Å²) in [6.45, 7) is 10.0. The van der Waals surface area contributed by atoms with Crippen LogP contribution in [0.15, 0.2) is 0 Å². The molecule has 0 radical (unpaired) electrons. The van der Waals surface area contributed by atoms with E-state index in [1.165, 1.54) is 0 Å². The van der Waals surface area contributed by atoms with Gasteiger partial charge in [-0.3, -0.25) is 4.79 Å². The summed E-state index contributed by atoms with van der Waals surface area (Å²) in [4.78, 5) is 22.5. The minimum atomic E-state index is -0.757. The van der Waals surface area contributed by atoms with Crippen molar-refractivity contribution in [3.8, 4) is 0 Å². The van der Waals surface area contributed by atoms with Crippen molar-refractivity contribution in [2.24, 2.45) is 11.8 Å². The van der Waals surface area contributed by atoms with E-state index < -0.39 is 5.97 Å². The van der Waals surface area contributed by atoms with E-state index in [9.17, 15) is 9.59 Å². The van der Waals surface area contributed by atoms with Gasteiger partial charge in [0.2, 0.25) is 0 Å². The van der Waals surface area contributed by atoms with Crippen molar-refractivity contribution in [3.05, 3.63) is 0 Å². The van der Waals surface area contributed by atoms with Crippen molar-refractivity contribution < 1.29 is 14.7 Å². The highest BCUT2D eigenvalue weighted by molar-refractivity contribution is 5.74. The third-order valence-corrected chi connectivity index (χ3v) is 3.90. The Morgan fingerprint density at radius 2 is 1.57 bits per heavy atom. The third-order valence-electron chi connectivity index (χ3n) is 3.90. The summed E-state index contributed by atoms with van der Waals surface area (Å²) in [7, 11) is 0. The van der Waals surface area contributed by atoms with Crippen molar-refractivity contribution in [1.82, 2.24) is 10.6 Å². The van der Waals surface area contributed by atoms with Crippen LogP contribution in [0.3, 0.4) is 0 Å². The van der Waals surface area contributed by atoms with E-state index in [2.05, 4.69) is 24.5 Å². The fourth-order valence-corrected chi connectivity index (χ4v) is 2.24. The zero-order chi connectivity index (χ0) is 16.4. The molecule has 0 fully saturated rings. The van der Waals surface area contributed by atoms with Gasteiger partial charge in [-0.1, -0.05) is 33.6 Å². The van der Waals surface area contributed by atoms with E-state index in [1.807, 2.05) is 13.8 Å². The number of hydrogen-bond acceptors (Lipinski definition) is 2. The fourth-order valence-electron chi connectivity index (χ4n) is 2.24. The molecule has 0 aromatic carbocycles. The largest absolute Gasteiger partial charge is 0.481 e. The SMILES string of the molecule is CCC(C)CC(C)NC(=O)NC(C)CCCC(C)C(=O)O. The van der Waals surface area contributed by atoms with Crippen LogP contribution in [0.1, 0.15) is 66.7 Å². The number of amides is 2. The molecule has 5 heteroatoms. The molecule has 0 spiro atoms. The number of carboxylic acids is 1. The number of urea groups is 1. The molecule has 0 aliphatic heterocycles. The number of carbonyl (C=O) groups excluding carboxylic acids is 1. The topological polar surface area (TPSA) is 78.4 Å². The molecule has 0 aromatic heterocycles. The van der Waals surface area contributed by atoms with Gasteiger partial charge >= 0.3 is 12.0 Å². The molecule has 124 valence electrons. The normalized spacial score (nSPS) is 16.6. The third kappa shape index (κ3) is 10.2. The van der Waals surface area contributed by atoms with Crippen molar-refractivity contribution in [1.29, 1.82) is 0 Å². The van der Waals surface area contributed by atoms with Gasteiger partial charge in [0.25, 0.3) is 0 Å². The number of carboxylic acid groups (broad SMARTS) is 1. The Labute approximate surface area is 128 Å². The van der Waals surface area contributed by atoms with Crippen LogP contribution in [0.4, 0.5) is 4.79 Å². The van der Waals surface area contributed by atoms with Crippen LogP contribution in [0.2, 0.25) is 0 Å². The first kappa shape index (κ1) is 19.7. The van der Waals surface area contributed by atoms with Crippen LogP contribution in [0, 0.1) is 11.8 Å². The molecule has 5 nitrogen and oxygen atoms in total. The van der Waals surface area contributed by atoms with Gasteiger partial charge in [0.05, 0.1) is 5.92 Å². The van der Waals surface area contributed by atoms with E-state index in [0.717, 1.165) is 25.7 Å². The highest BCUT2D eigenvalue weighted by Crippen LogP contribution is 2.10. The molecule has 0 aliphatic carbocycles. The molecule has 4 unspecified atom stereocenters. The lowest BCUT2D eigenvalue weighted by molar-refractivity contribution is -0.141. The zero-order valence-electron chi connectivity index (χ0n) is 14.1. The summed E-state index contributed by atoms with van der Waals surface area (Å²) < 4.78 is 0.